The lowest BCUT2D eigenvalue weighted by atomic mass is 9.96. The minimum atomic E-state index is -1.05. The first kappa shape index (κ1) is 20.8. The van der Waals surface area contributed by atoms with E-state index in [-0.39, 0.29) is 6.54 Å². The van der Waals surface area contributed by atoms with E-state index in [0.29, 0.717) is 0 Å². The van der Waals surface area contributed by atoms with Crippen LogP contribution in [0.1, 0.15) is 50.7 Å². The Hall–Kier alpha value is -1.53. The Balaban J connectivity index is 1.90. The summed E-state index contributed by atoms with van der Waals surface area (Å²) in [7, 11) is 0. The Morgan fingerprint density at radius 3 is 2.81 bits per heavy atom. The molecule has 0 saturated carbocycles. The van der Waals surface area contributed by atoms with Gasteiger partial charge >= 0.3 is 0 Å². The molecule has 6 nitrogen and oxygen atoms in total. The highest BCUT2D eigenvalue weighted by molar-refractivity contribution is 5.79. The maximum Gasteiger partial charge on any atom is 0.191 e. The van der Waals surface area contributed by atoms with Gasteiger partial charge in [-0.05, 0) is 59.1 Å². The fourth-order valence-corrected chi connectivity index (χ4v) is 3.65. The summed E-state index contributed by atoms with van der Waals surface area (Å²) in [6.07, 6.45) is 2.64. The van der Waals surface area contributed by atoms with Gasteiger partial charge in [-0.25, -0.2) is 4.99 Å². The third kappa shape index (κ3) is 6.02. The molecule has 6 heteroatoms. The van der Waals surface area contributed by atoms with Crippen LogP contribution in [0.25, 0.3) is 0 Å². The van der Waals surface area contributed by atoms with Gasteiger partial charge in [-0.15, -0.1) is 0 Å². The standard InChI is InChI=1S/C20H36N4O2/c1-6-21-19(22-9-11-24-10-7-8-15(2)13-24)23-14-20(5,25)18-12-16(3)26-17(18)4/h12,15,25H,6-11,13-14H2,1-5H3,(H2,21,22,23). The van der Waals surface area contributed by atoms with Crippen molar-refractivity contribution in [3.8, 4) is 0 Å². The minimum absolute atomic E-state index is 0.281. The second-order valence-corrected chi connectivity index (χ2v) is 7.77. The molecule has 1 saturated heterocycles. The second-order valence-electron chi connectivity index (χ2n) is 7.77. The summed E-state index contributed by atoms with van der Waals surface area (Å²) < 4.78 is 5.55. The van der Waals surface area contributed by atoms with Crippen LogP contribution in [0.3, 0.4) is 0 Å². The predicted molar refractivity (Wildman–Crippen MR) is 107 cm³/mol. The van der Waals surface area contributed by atoms with Crippen LogP contribution in [0.4, 0.5) is 0 Å². The molecule has 0 bridgehead atoms. The fraction of sp³-hybridized carbons (Fsp3) is 0.750. The zero-order chi connectivity index (χ0) is 19.2. The lowest BCUT2D eigenvalue weighted by Gasteiger charge is -2.31. The highest BCUT2D eigenvalue weighted by Crippen LogP contribution is 2.27. The van der Waals surface area contributed by atoms with E-state index in [1.807, 2.05) is 26.8 Å². The number of nitrogens with one attached hydrogen (secondary N) is 2. The second kappa shape index (κ2) is 9.42. The summed E-state index contributed by atoms with van der Waals surface area (Å²) in [5.74, 6) is 3.10. The lowest BCUT2D eigenvalue weighted by molar-refractivity contribution is 0.0657. The number of aryl methyl sites for hydroxylation is 2. The Bertz CT molecular complexity index is 595. The smallest absolute Gasteiger partial charge is 0.191 e. The van der Waals surface area contributed by atoms with Gasteiger partial charge in [0.25, 0.3) is 0 Å². The Morgan fingerprint density at radius 1 is 1.42 bits per heavy atom. The van der Waals surface area contributed by atoms with Crippen molar-refractivity contribution in [3.63, 3.8) is 0 Å². The van der Waals surface area contributed by atoms with E-state index in [0.717, 1.165) is 48.6 Å². The summed E-state index contributed by atoms with van der Waals surface area (Å²) in [6.45, 7) is 15.2. The monoisotopic (exact) mass is 364 g/mol. The first-order valence-corrected chi connectivity index (χ1v) is 9.86. The molecule has 2 rings (SSSR count). The van der Waals surface area contributed by atoms with Gasteiger partial charge < -0.3 is 25.1 Å². The van der Waals surface area contributed by atoms with Crippen LogP contribution in [-0.2, 0) is 5.60 Å². The van der Waals surface area contributed by atoms with Crippen LogP contribution < -0.4 is 10.6 Å². The van der Waals surface area contributed by atoms with Crippen LogP contribution in [0, 0.1) is 19.8 Å². The fourth-order valence-electron chi connectivity index (χ4n) is 3.65. The Kier molecular flexibility index (Phi) is 7.53. The van der Waals surface area contributed by atoms with Gasteiger partial charge in [0, 0.05) is 31.7 Å². The number of nitrogens with zero attached hydrogens (tertiary/aromatic N) is 2. The van der Waals surface area contributed by atoms with E-state index in [1.54, 1.807) is 6.92 Å². The molecule has 1 aliphatic heterocycles. The summed E-state index contributed by atoms with van der Waals surface area (Å²) in [5.41, 5.74) is -0.246. The largest absolute Gasteiger partial charge is 0.466 e. The molecule has 0 aromatic carbocycles. The first-order valence-electron chi connectivity index (χ1n) is 9.86. The molecular weight excluding hydrogens is 328 g/mol. The number of piperidine rings is 1. The van der Waals surface area contributed by atoms with Gasteiger partial charge in [-0.1, -0.05) is 6.92 Å². The van der Waals surface area contributed by atoms with Crippen molar-refractivity contribution in [1.82, 2.24) is 15.5 Å². The van der Waals surface area contributed by atoms with Crippen molar-refractivity contribution < 1.29 is 9.52 Å². The van der Waals surface area contributed by atoms with Gasteiger partial charge in [0.1, 0.15) is 17.1 Å². The van der Waals surface area contributed by atoms with Crippen LogP contribution >= 0.6 is 0 Å². The first-order chi connectivity index (χ1) is 12.3. The molecule has 0 radical (unpaired) electrons. The zero-order valence-electron chi connectivity index (χ0n) is 17.1. The minimum Gasteiger partial charge on any atom is -0.466 e. The quantitative estimate of drug-likeness (QED) is 0.512. The molecule has 2 unspecified atom stereocenters. The summed E-state index contributed by atoms with van der Waals surface area (Å²) in [4.78, 5) is 7.11. The maximum atomic E-state index is 10.8. The van der Waals surface area contributed by atoms with Crippen molar-refractivity contribution in [2.24, 2.45) is 10.9 Å². The van der Waals surface area contributed by atoms with Crippen molar-refractivity contribution in [3.05, 3.63) is 23.2 Å². The molecule has 0 amide bonds. The van der Waals surface area contributed by atoms with E-state index in [2.05, 4.69) is 27.4 Å². The van der Waals surface area contributed by atoms with Crippen LogP contribution in [0.5, 0.6) is 0 Å². The average Bonchev–Trinajstić information content (AvgIpc) is 2.92. The molecule has 3 N–H and O–H groups in total. The number of hydrogen-bond donors (Lipinski definition) is 3. The summed E-state index contributed by atoms with van der Waals surface area (Å²) in [6, 6.07) is 1.89. The average molecular weight is 365 g/mol. The molecule has 1 aliphatic rings. The Labute approximate surface area is 158 Å². The van der Waals surface area contributed by atoms with E-state index >= 15 is 0 Å². The molecule has 1 aromatic heterocycles. The van der Waals surface area contributed by atoms with Gasteiger partial charge in [-0.2, -0.15) is 0 Å². The van der Waals surface area contributed by atoms with E-state index in [9.17, 15) is 5.11 Å². The molecule has 0 spiro atoms. The number of guanidine groups is 1. The molecular formula is C20H36N4O2. The highest BCUT2D eigenvalue weighted by Gasteiger charge is 2.27. The maximum absolute atomic E-state index is 10.8. The van der Waals surface area contributed by atoms with Crippen molar-refractivity contribution >= 4 is 5.96 Å². The topological polar surface area (TPSA) is 73.0 Å². The number of aliphatic imine (C=N–C) groups is 1. The van der Waals surface area contributed by atoms with E-state index < -0.39 is 5.60 Å². The van der Waals surface area contributed by atoms with Crippen molar-refractivity contribution in [2.75, 3.05) is 39.3 Å². The predicted octanol–water partition coefficient (Wildman–Crippen LogP) is 2.39. The molecule has 0 aliphatic carbocycles. The van der Waals surface area contributed by atoms with Crippen LogP contribution in [-0.4, -0.2) is 55.2 Å². The van der Waals surface area contributed by atoms with Crippen molar-refractivity contribution in [1.29, 1.82) is 0 Å². The molecule has 2 atom stereocenters. The van der Waals surface area contributed by atoms with Gasteiger partial charge in [0.2, 0.25) is 0 Å². The number of hydrogen-bond acceptors (Lipinski definition) is 4. The van der Waals surface area contributed by atoms with Gasteiger partial charge in [0.05, 0.1) is 6.54 Å². The number of furan rings is 1. The van der Waals surface area contributed by atoms with Gasteiger partial charge in [0.15, 0.2) is 5.96 Å². The highest BCUT2D eigenvalue weighted by atomic mass is 16.3. The third-order valence-corrected chi connectivity index (χ3v) is 4.97. The normalized spacial score (nSPS) is 21.5. The molecule has 1 fully saturated rings. The number of aliphatic hydroxyl groups is 1. The Morgan fingerprint density at radius 2 is 2.19 bits per heavy atom. The SMILES string of the molecule is CCNC(=NCC(C)(O)c1cc(C)oc1C)NCCN1CCCC(C)C1. The van der Waals surface area contributed by atoms with Crippen LogP contribution in [0.2, 0.25) is 0 Å². The van der Waals surface area contributed by atoms with Crippen molar-refractivity contribution in [2.45, 2.75) is 53.1 Å². The number of rotatable bonds is 7. The molecule has 148 valence electrons. The van der Waals surface area contributed by atoms with E-state index in [1.165, 1.54) is 25.9 Å². The van der Waals surface area contributed by atoms with Crippen LogP contribution in [0.15, 0.2) is 15.5 Å². The lowest BCUT2D eigenvalue weighted by Crippen LogP contribution is -2.44. The summed E-state index contributed by atoms with van der Waals surface area (Å²) >= 11 is 0. The molecule has 1 aromatic rings. The zero-order valence-corrected chi connectivity index (χ0v) is 17.1. The van der Waals surface area contributed by atoms with E-state index in [4.69, 9.17) is 4.42 Å². The number of likely N-dealkylation sites (tertiary alicyclic amines) is 1. The molecule has 2 heterocycles. The molecule has 26 heavy (non-hydrogen) atoms. The van der Waals surface area contributed by atoms with Gasteiger partial charge in [-0.3, -0.25) is 0 Å². The third-order valence-electron chi connectivity index (χ3n) is 4.97. The summed E-state index contributed by atoms with van der Waals surface area (Å²) in [5, 5.41) is 17.5.